The van der Waals surface area contributed by atoms with E-state index in [4.69, 9.17) is 0 Å². The zero-order valence-corrected chi connectivity index (χ0v) is 10.4. The van der Waals surface area contributed by atoms with Crippen molar-refractivity contribution in [2.45, 2.75) is 12.8 Å². The summed E-state index contributed by atoms with van der Waals surface area (Å²) in [6.07, 6.45) is 2.32. The second kappa shape index (κ2) is 5.73. The number of amides is 1. The third-order valence-electron chi connectivity index (χ3n) is 3.30. The number of likely N-dealkylation sites (tertiary alicyclic amines) is 1. The Morgan fingerprint density at radius 2 is 2.17 bits per heavy atom. The number of ketones is 1. The molecular weight excluding hydrogens is 230 g/mol. The van der Waals surface area contributed by atoms with E-state index in [9.17, 15) is 9.59 Å². The van der Waals surface area contributed by atoms with Gasteiger partial charge >= 0.3 is 0 Å². The summed E-state index contributed by atoms with van der Waals surface area (Å²) in [7, 11) is 2.06. The molecule has 2 heterocycles. The summed E-state index contributed by atoms with van der Waals surface area (Å²) in [5, 5.41) is 2.46. The molecule has 96 valence electrons. The molecule has 2 rings (SSSR count). The molecule has 0 saturated carbocycles. The summed E-state index contributed by atoms with van der Waals surface area (Å²) in [4.78, 5) is 29.0. The fourth-order valence-corrected chi connectivity index (χ4v) is 2.19. The molecule has 1 amide bonds. The van der Waals surface area contributed by atoms with Crippen LogP contribution in [0.1, 0.15) is 23.3 Å². The van der Waals surface area contributed by atoms with Crippen LogP contribution >= 0.6 is 0 Å². The number of nitrogens with one attached hydrogen (secondary N) is 1. The van der Waals surface area contributed by atoms with E-state index >= 15 is 0 Å². The van der Waals surface area contributed by atoms with E-state index in [-0.39, 0.29) is 11.7 Å². The van der Waals surface area contributed by atoms with E-state index in [1.807, 2.05) is 0 Å². The minimum Gasteiger partial charge on any atom is -0.313 e. The van der Waals surface area contributed by atoms with E-state index in [2.05, 4.69) is 22.2 Å². The Morgan fingerprint density at radius 3 is 2.83 bits per heavy atom. The van der Waals surface area contributed by atoms with Gasteiger partial charge in [0, 0.05) is 5.92 Å². The molecule has 0 atom stereocenters. The van der Waals surface area contributed by atoms with Crippen molar-refractivity contribution in [2.24, 2.45) is 5.92 Å². The van der Waals surface area contributed by atoms with Crippen molar-refractivity contribution in [3.63, 3.8) is 0 Å². The van der Waals surface area contributed by atoms with Crippen LogP contribution < -0.4 is 5.32 Å². The molecule has 0 aromatic carbocycles. The van der Waals surface area contributed by atoms with Crippen LogP contribution in [0.5, 0.6) is 0 Å². The number of anilines is 1. The molecule has 5 heteroatoms. The molecule has 1 aromatic heterocycles. The maximum atomic E-state index is 12.3. The highest BCUT2D eigenvalue weighted by atomic mass is 16.1. The van der Waals surface area contributed by atoms with Gasteiger partial charge in [-0.15, -0.1) is 0 Å². The van der Waals surface area contributed by atoms with Gasteiger partial charge < -0.3 is 10.2 Å². The lowest BCUT2D eigenvalue weighted by atomic mass is 9.91. The Labute approximate surface area is 106 Å². The highest BCUT2D eigenvalue weighted by Gasteiger charge is 2.25. The summed E-state index contributed by atoms with van der Waals surface area (Å²) >= 11 is 0. The van der Waals surface area contributed by atoms with Crippen LogP contribution in [-0.2, 0) is 4.79 Å². The maximum absolute atomic E-state index is 12.3. The lowest BCUT2D eigenvalue weighted by molar-refractivity contribution is -0.105. The average Bonchev–Trinajstić information content (AvgIpc) is 2.39. The lowest BCUT2D eigenvalue weighted by Crippen LogP contribution is -2.33. The number of aromatic nitrogens is 1. The molecule has 1 saturated heterocycles. The van der Waals surface area contributed by atoms with Gasteiger partial charge in [-0.2, -0.15) is 0 Å². The monoisotopic (exact) mass is 247 g/mol. The van der Waals surface area contributed by atoms with Gasteiger partial charge in [0.05, 0.1) is 0 Å². The first-order valence-electron chi connectivity index (χ1n) is 6.10. The van der Waals surface area contributed by atoms with Crippen LogP contribution in [0, 0.1) is 5.92 Å². The molecule has 1 aliphatic rings. The molecule has 0 bridgehead atoms. The molecule has 1 aliphatic heterocycles. The Hall–Kier alpha value is -1.75. The first kappa shape index (κ1) is 12.7. The van der Waals surface area contributed by atoms with Crippen molar-refractivity contribution >= 4 is 18.0 Å². The van der Waals surface area contributed by atoms with Crippen LogP contribution in [0.4, 0.5) is 5.82 Å². The third-order valence-corrected chi connectivity index (χ3v) is 3.30. The van der Waals surface area contributed by atoms with Crippen LogP contribution in [0.3, 0.4) is 0 Å². The van der Waals surface area contributed by atoms with Crippen LogP contribution in [0.25, 0.3) is 0 Å². The number of carbonyl (C=O) groups is 2. The molecule has 18 heavy (non-hydrogen) atoms. The van der Waals surface area contributed by atoms with Gasteiger partial charge in [0.2, 0.25) is 6.41 Å². The molecule has 0 aliphatic carbocycles. The van der Waals surface area contributed by atoms with E-state index in [1.165, 1.54) is 0 Å². The predicted octanol–water partition coefficient (Wildman–Crippen LogP) is 1.17. The summed E-state index contributed by atoms with van der Waals surface area (Å²) in [6, 6.07) is 5.11. The number of piperidine rings is 1. The van der Waals surface area contributed by atoms with E-state index in [0.29, 0.717) is 17.9 Å². The quantitative estimate of drug-likeness (QED) is 0.641. The number of rotatable bonds is 4. The second-order valence-electron chi connectivity index (χ2n) is 4.61. The smallest absolute Gasteiger partial charge is 0.212 e. The van der Waals surface area contributed by atoms with Crippen LogP contribution in [-0.4, -0.2) is 42.2 Å². The first-order chi connectivity index (χ1) is 8.70. The van der Waals surface area contributed by atoms with Crippen molar-refractivity contribution in [2.75, 3.05) is 25.5 Å². The Bertz CT molecular complexity index is 440. The number of Topliss-reactive ketones (excluding diaryl/α,β-unsaturated/α-hetero) is 1. The number of pyridine rings is 1. The maximum Gasteiger partial charge on any atom is 0.212 e. The molecule has 1 fully saturated rings. The lowest BCUT2D eigenvalue weighted by Gasteiger charge is -2.27. The van der Waals surface area contributed by atoms with Gasteiger partial charge in [0.1, 0.15) is 11.5 Å². The SMILES string of the molecule is CN1CCC(C(=O)c2cccc(NC=O)n2)CC1. The van der Waals surface area contributed by atoms with Gasteiger partial charge in [-0.1, -0.05) is 6.07 Å². The molecule has 5 nitrogen and oxygen atoms in total. The zero-order valence-electron chi connectivity index (χ0n) is 10.4. The number of nitrogens with zero attached hydrogens (tertiary/aromatic N) is 2. The number of hydrogen-bond donors (Lipinski definition) is 1. The van der Waals surface area contributed by atoms with Crippen molar-refractivity contribution in [1.82, 2.24) is 9.88 Å². The van der Waals surface area contributed by atoms with Crippen molar-refractivity contribution in [3.8, 4) is 0 Å². The number of carbonyl (C=O) groups excluding carboxylic acids is 2. The largest absolute Gasteiger partial charge is 0.313 e. The first-order valence-corrected chi connectivity index (χ1v) is 6.10. The minimum atomic E-state index is 0.0557. The van der Waals surface area contributed by atoms with Gasteiger partial charge in [-0.25, -0.2) is 4.98 Å². The Kier molecular flexibility index (Phi) is 4.04. The van der Waals surface area contributed by atoms with Gasteiger partial charge in [0.15, 0.2) is 5.78 Å². The highest BCUT2D eigenvalue weighted by Crippen LogP contribution is 2.20. The number of hydrogen-bond acceptors (Lipinski definition) is 4. The van der Waals surface area contributed by atoms with E-state index in [1.54, 1.807) is 18.2 Å². The van der Waals surface area contributed by atoms with Gasteiger partial charge in [0.25, 0.3) is 0 Å². The van der Waals surface area contributed by atoms with Gasteiger partial charge in [-0.05, 0) is 45.1 Å². The van der Waals surface area contributed by atoms with Crippen LogP contribution in [0.2, 0.25) is 0 Å². The highest BCUT2D eigenvalue weighted by molar-refractivity contribution is 5.96. The molecule has 1 aromatic rings. The third kappa shape index (κ3) is 2.92. The molecular formula is C13H17N3O2. The second-order valence-corrected chi connectivity index (χ2v) is 4.61. The van der Waals surface area contributed by atoms with Crippen LogP contribution in [0.15, 0.2) is 18.2 Å². The normalized spacial score (nSPS) is 17.4. The molecule has 1 N–H and O–H groups in total. The van der Waals surface area contributed by atoms with Crippen molar-refractivity contribution in [3.05, 3.63) is 23.9 Å². The summed E-state index contributed by atoms with van der Waals surface area (Å²) in [5.41, 5.74) is 0.441. The molecule has 0 radical (unpaired) electrons. The fourth-order valence-electron chi connectivity index (χ4n) is 2.19. The fraction of sp³-hybridized carbons (Fsp3) is 0.462. The van der Waals surface area contributed by atoms with E-state index in [0.717, 1.165) is 25.9 Å². The Morgan fingerprint density at radius 1 is 1.44 bits per heavy atom. The zero-order chi connectivity index (χ0) is 13.0. The van der Waals surface area contributed by atoms with E-state index < -0.39 is 0 Å². The Balaban J connectivity index is 2.08. The predicted molar refractivity (Wildman–Crippen MR) is 68.5 cm³/mol. The van der Waals surface area contributed by atoms with Crippen molar-refractivity contribution in [1.29, 1.82) is 0 Å². The van der Waals surface area contributed by atoms with Gasteiger partial charge in [-0.3, -0.25) is 9.59 Å². The molecule has 0 unspecified atom stereocenters. The molecule has 0 spiro atoms. The minimum absolute atomic E-state index is 0.0557. The standard InChI is InChI=1S/C13H17N3O2/c1-16-7-5-10(6-8-16)13(18)11-3-2-4-12(15-11)14-9-17/h2-4,9-10H,5-8H2,1H3,(H,14,15,17). The summed E-state index contributed by atoms with van der Waals surface area (Å²) < 4.78 is 0. The average molecular weight is 247 g/mol. The summed E-state index contributed by atoms with van der Waals surface area (Å²) in [5.74, 6) is 0.557. The summed E-state index contributed by atoms with van der Waals surface area (Å²) in [6.45, 7) is 1.89. The van der Waals surface area contributed by atoms with Crippen molar-refractivity contribution < 1.29 is 9.59 Å². The topological polar surface area (TPSA) is 62.3 Å².